The summed E-state index contributed by atoms with van der Waals surface area (Å²) >= 11 is 0. The van der Waals surface area contributed by atoms with E-state index in [1.54, 1.807) is 13.0 Å². The third-order valence-corrected chi connectivity index (χ3v) is 1.77. The summed E-state index contributed by atoms with van der Waals surface area (Å²) in [6.07, 6.45) is 0. The highest BCUT2D eigenvalue weighted by atomic mass is 16.5. The second-order valence-corrected chi connectivity index (χ2v) is 2.83. The molecule has 0 aromatic heterocycles. The van der Waals surface area contributed by atoms with E-state index in [1.807, 2.05) is 13.8 Å². The van der Waals surface area contributed by atoms with Crippen LogP contribution in [0.4, 0.5) is 0 Å². The zero-order valence-electron chi connectivity index (χ0n) is 9.90. The number of carbonyl (C=O) groups excluding carboxylic acids is 1. The Morgan fingerprint density at radius 2 is 1.81 bits per heavy atom. The van der Waals surface area contributed by atoms with Crippen LogP contribution in [0.15, 0.2) is 18.2 Å². The second-order valence-electron chi connectivity index (χ2n) is 2.83. The Morgan fingerprint density at radius 3 is 2.25 bits per heavy atom. The molecule has 16 heavy (non-hydrogen) atoms. The van der Waals surface area contributed by atoms with Crippen LogP contribution >= 0.6 is 0 Å². The van der Waals surface area contributed by atoms with Crippen LogP contribution in [0.25, 0.3) is 0 Å². The molecule has 0 atom stereocenters. The van der Waals surface area contributed by atoms with Gasteiger partial charge in [-0.15, -0.1) is 0 Å². The number of aromatic carboxylic acids is 1. The van der Waals surface area contributed by atoms with Crippen molar-refractivity contribution < 1.29 is 19.4 Å². The molecular formula is C12H16O4. The standard InChI is InChI=1S/C10H10O4.C2H6/c1-6-8(10(12)13)4-3-5-9(6)14-7(2)11;1-2/h3-5H,1-2H3,(H,12,13);1-2H3. The topological polar surface area (TPSA) is 63.6 Å². The molecule has 88 valence electrons. The van der Waals surface area contributed by atoms with Crippen molar-refractivity contribution in [2.45, 2.75) is 27.7 Å². The van der Waals surface area contributed by atoms with Gasteiger partial charge in [-0.3, -0.25) is 4.79 Å². The summed E-state index contributed by atoms with van der Waals surface area (Å²) in [6, 6.07) is 4.56. The maximum Gasteiger partial charge on any atom is 0.336 e. The zero-order chi connectivity index (χ0) is 12.7. The maximum atomic E-state index is 10.7. The van der Waals surface area contributed by atoms with Crippen molar-refractivity contribution in [2.75, 3.05) is 0 Å². The number of hydrogen-bond acceptors (Lipinski definition) is 3. The van der Waals surface area contributed by atoms with Gasteiger partial charge < -0.3 is 9.84 Å². The van der Waals surface area contributed by atoms with Crippen LogP contribution in [0.5, 0.6) is 5.75 Å². The Bertz CT molecular complexity index is 383. The van der Waals surface area contributed by atoms with E-state index < -0.39 is 11.9 Å². The van der Waals surface area contributed by atoms with Gasteiger partial charge in [0.15, 0.2) is 0 Å². The van der Waals surface area contributed by atoms with Crippen molar-refractivity contribution in [2.24, 2.45) is 0 Å². The predicted octanol–water partition coefficient (Wildman–Crippen LogP) is 2.64. The van der Waals surface area contributed by atoms with Crippen molar-refractivity contribution in [1.29, 1.82) is 0 Å². The third kappa shape index (κ3) is 3.73. The van der Waals surface area contributed by atoms with E-state index in [2.05, 4.69) is 0 Å². The fraction of sp³-hybridized carbons (Fsp3) is 0.333. The van der Waals surface area contributed by atoms with Crippen LogP contribution in [-0.4, -0.2) is 17.0 Å². The van der Waals surface area contributed by atoms with Gasteiger partial charge in [-0.1, -0.05) is 19.9 Å². The first-order valence-electron chi connectivity index (χ1n) is 5.03. The van der Waals surface area contributed by atoms with Gasteiger partial charge in [0.1, 0.15) is 5.75 Å². The lowest BCUT2D eigenvalue weighted by Gasteiger charge is -2.07. The maximum absolute atomic E-state index is 10.7. The number of hydrogen-bond donors (Lipinski definition) is 1. The molecule has 1 aromatic carbocycles. The Kier molecular flexibility index (Phi) is 5.85. The summed E-state index contributed by atoms with van der Waals surface area (Å²) in [4.78, 5) is 21.4. The molecule has 4 nitrogen and oxygen atoms in total. The molecule has 1 N–H and O–H groups in total. The lowest BCUT2D eigenvalue weighted by molar-refractivity contribution is -0.131. The number of esters is 1. The fourth-order valence-electron chi connectivity index (χ4n) is 1.11. The van der Waals surface area contributed by atoms with Gasteiger partial charge >= 0.3 is 11.9 Å². The summed E-state index contributed by atoms with van der Waals surface area (Å²) in [6.45, 7) is 6.87. The molecular weight excluding hydrogens is 208 g/mol. The largest absolute Gasteiger partial charge is 0.478 e. The van der Waals surface area contributed by atoms with E-state index in [4.69, 9.17) is 9.84 Å². The molecule has 0 fully saturated rings. The van der Waals surface area contributed by atoms with Crippen LogP contribution in [-0.2, 0) is 4.79 Å². The first-order valence-corrected chi connectivity index (χ1v) is 5.03. The van der Waals surface area contributed by atoms with Crippen molar-refractivity contribution in [1.82, 2.24) is 0 Å². The molecule has 0 bridgehead atoms. The van der Waals surface area contributed by atoms with Crippen molar-refractivity contribution >= 4 is 11.9 Å². The SMILES string of the molecule is CC.CC(=O)Oc1cccc(C(=O)O)c1C. The average Bonchev–Trinajstić information content (AvgIpc) is 2.23. The van der Waals surface area contributed by atoms with Gasteiger partial charge in [0, 0.05) is 12.5 Å². The van der Waals surface area contributed by atoms with E-state index in [9.17, 15) is 9.59 Å². The highest BCUT2D eigenvalue weighted by Crippen LogP contribution is 2.21. The number of carboxylic acids is 1. The molecule has 1 rings (SSSR count). The highest BCUT2D eigenvalue weighted by molar-refractivity contribution is 5.90. The van der Waals surface area contributed by atoms with Crippen molar-refractivity contribution in [3.05, 3.63) is 29.3 Å². The minimum atomic E-state index is -1.03. The van der Waals surface area contributed by atoms with Crippen molar-refractivity contribution in [3.63, 3.8) is 0 Å². The predicted molar refractivity (Wildman–Crippen MR) is 60.8 cm³/mol. The molecule has 0 saturated heterocycles. The smallest absolute Gasteiger partial charge is 0.336 e. The van der Waals surface area contributed by atoms with Gasteiger partial charge in [0.2, 0.25) is 0 Å². The van der Waals surface area contributed by atoms with Gasteiger partial charge in [0.05, 0.1) is 5.56 Å². The lowest BCUT2D eigenvalue weighted by Crippen LogP contribution is -2.06. The van der Waals surface area contributed by atoms with E-state index >= 15 is 0 Å². The molecule has 0 radical (unpaired) electrons. The fourth-order valence-corrected chi connectivity index (χ4v) is 1.11. The summed E-state index contributed by atoms with van der Waals surface area (Å²) in [5.41, 5.74) is 0.596. The number of carbonyl (C=O) groups is 2. The van der Waals surface area contributed by atoms with Crippen molar-refractivity contribution in [3.8, 4) is 5.75 Å². The van der Waals surface area contributed by atoms with E-state index in [1.165, 1.54) is 19.1 Å². The molecule has 0 spiro atoms. The van der Waals surface area contributed by atoms with Crippen LogP contribution in [0.3, 0.4) is 0 Å². The summed E-state index contributed by atoms with van der Waals surface area (Å²) in [5.74, 6) is -1.20. The first-order chi connectivity index (χ1) is 7.52. The van der Waals surface area contributed by atoms with Crippen LogP contribution in [0, 0.1) is 6.92 Å². The monoisotopic (exact) mass is 224 g/mol. The zero-order valence-corrected chi connectivity index (χ0v) is 9.90. The highest BCUT2D eigenvalue weighted by Gasteiger charge is 2.11. The molecule has 0 aliphatic heterocycles. The molecule has 0 heterocycles. The first kappa shape index (κ1) is 14.2. The van der Waals surface area contributed by atoms with E-state index in [0.29, 0.717) is 5.56 Å². The average molecular weight is 224 g/mol. The molecule has 0 aliphatic rings. The summed E-state index contributed by atoms with van der Waals surface area (Å²) in [5, 5.41) is 8.78. The third-order valence-electron chi connectivity index (χ3n) is 1.77. The second kappa shape index (κ2) is 6.61. The van der Waals surface area contributed by atoms with E-state index in [-0.39, 0.29) is 11.3 Å². The Hall–Kier alpha value is -1.84. The molecule has 4 heteroatoms. The van der Waals surface area contributed by atoms with Gasteiger partial charge in [0.25, 0.3) is 0 Å². The summed E-state index contributed by atoms with van der Waals surface area (Å²) < 4.78 is 4.83. The van der Waals surface area contributed by atoms with Gasteiger partial charge in [-0.25, -0.2) is 4.79 Å². The number of benzene rings is 1. The van der Waals surface area contributed by atoms with Crippen LogP contribution in [0.2, 0.25) is 0 Å². The quantitative estimate of drug-likeness (QED) is 0.619. The van der Waals surface area contributed by atoms with E-state index in [0.717, 1.165) is 0 Å². The van der Waals surface area contributed by atoms with Crippen LogP contribution in [0.1, 0.15) is 36.7 Å². The molecule has 0 saturated carbocycles. The Labute approximate surface area is 94.9 Å². The molecule has 0 unspecified atom stereocenters. The van der Waals surface area contributed by atoms with Crippen LogP contribution < -0.4 is 4.74 Å². The Morgan fingerprint density at radius 1 is 1.25 bits per heavy atom. The minimum Gasteiger partial charge on any atom is -0.478 e. The number of carboxylic acid groups (broad SMARTS) is 1. The Balaban J connectivity index is 0.00000106. The normalized spacial score (nSPS) is 8.75. The number of rotatable bonds is 2. The summed E-state index contributed by atoms with van der Waals surface area (Å²) in [7, 11) is 0. The molecule has 0 amide bonds. The molecule has 1 aromatic rings. The van der Waals surface area contributed by atoms with Gasteiger partial charge in [-0.2, -0.15) is 0 Å². The number of ether oxygens (including phenoxy) is 1. The molecule has 0 aliphatic carbocycles. The van der Waals surface area contributed by atoms with Gasteiger partial charge in [-0.05, 0) is 19.1 Å². The minimum absolute atomic E-state index is 0.142. The lowest BCUT2D eigenvalue weighted by atomic mass is 10.1.